The summed E-state index contributed by atoms with van der Waals surface area (Å²) in [6, 6.07) is 0. The normalized spacial score (nSPS) is 9.83. The maximum atomic E-state index is 9.97. The second kappa shape index (κ2) is 29.5. The van der Waals surface area contributed by atoms with E-state index < -0.39 is 5.97 Å². The summed E-state index contributed by atoms with van der Waals surface area (Å²) in [5.74, 6) is 1.50. The van der Waals surface area contributed by atoms with Crippen molar-refractivity contribution >= 4 is 5.97 Å². The van der Waals surface area contributed by atoms with Crippen LogP contribution >= 0.6 is 0 Å². The van der Waals surface area contributed by atoms with Gasteiger partial charge in [-0.2, -0.15) is 0 Å². The van der Waals surface area contributed by atoms with Crippen molar-refractivity contribution in [3.63, 3.8) is 0 Å². The van der Waals surface area contributed by atoms with E-state index in [1.54, 1.807) is 0 Å². The number of carboxylic acid groups (broad SMARTS) is 1. The molecule has 2 heteroatoms. The van der Waals surface area contributed by atoms with Gasteiger partial charge < -0.3 is 5.11 Å². The van der Waals surface area contributed by atoms with E-state index in [1.807, 2.05) is 13.8 Å². The molecule has 2 nitrogen and oxygen atoms in total. The number of carbonyl (C=O) groups is 1. The van der Waals surface area contributed by atoms with E-state index in [4.69, 9.17) is 5.11 Å². The molecule has 0 aliphatic carbocycles. The summed E-state index contributed by atoms with van der Waals surface area (Å²) in [5.41, 5.74) is 0. The van der Waals surface area contributed by atoms with Gasteiger partial charge in [0.05, 0.1) is 0 Å². The molecule has 0 aliphatic heterocycles. The predicted molar refractivity (Wildman–Crippen MR) is 111 cm³/mol. The first-order chi connectivity index (χ1) is 9.28. The van der Waals surface area contributed by atoms with Gasteiger partial charge in [0, 0.05) is 6.42 Å². The van der Waals surface area contributed by atoms with Crippen LogP contribution in [0.15, 0.2) is 0 Å². The molecule has 0 bridgehead atoms. The zero-order valence-electron chi connectivity index (χ0n) is 15.3. The topological polar surface area (TPSA) is 37.3 Å². The van der Waals surface area contributed by atoms with Gasteiger partial charge in [0.25, 0.3) is 0 Å². The van der Waals surface area contributed by atoms with Crippen LogP contribution in [0.2, 0.25) is 0 Å². The van der Waals surface area contributed by atoms with Crippen molar-refractivity contribution in [2.45, 2.75) is 116 Å². The van der Waals surface area contributed by atoms with Crippen LogP contribution < -0.4 is 0 Å². The standard InChI is InChI=1S/C6H12O2.2C6H14.3CH4/c1-3-5(2)4-6(7)8;2*1-4-6(3)5-2;;;/h5H,3-4H2,1-2H3,(H,7,8);2*6H,4-5H2,1-3H3;3*1H4. The Morgan fingerprint density at radius 1 is 0.652 bits per heavy atom. The first-order valence-electron chi connectivity index (χ1n) is 8.50. The first kappa shape index (κ1) is 38.2. The summed E-state index contributed by atoms with van der Waals surface area (Å²) in [5, 5.41) is 8.22. The van der Waals surface area contributed by atoms with E-state index in [-0.39, 0.29) is 22.3 Å². The monoisotopic (exact) mass is 336 g/mol. The molecule has 0 saturated carbocycles. The first-order valence-corrected chi connectivity index (χ1v) is 8.50. The molecule has 1 atom stereocenters. The van der Waals surface area contributed by atoms with Crippen molar-refractivity contribution in [2.24, 2.45) is 17.8 Å². The van der Waals surface area contributed by atoms with Crippen LogP contribution in [0.25, 0.3) is 0 Å². The van der Waals surface area contributed by atoms with Gasteiger partial charge in [-0.05, 0) is 17.8 Å². The Kier molecular flexibility index (Phi) is 48.9. The second-order valence-electron chi connectivity index (χ2n) is 5.95. The molecular weight excluding hydrogens is 284 g/mol. The van der Waals surface area contributed by atoms with Gasteiger partial charge in [0.2, 0.25) is 0 Å². The summed E-state index contributed by atoms with van der Waals surface area (Å²) in [4.78, 5) is 9.97. The summed E-state index contributed by atoms with van der Waals surface area (Å²) in [6.45, 7) is 17.4. The minimum Gasteiger partial charge on any atom is -0.481 e. The number of aliphatic carboxylic acids is 1. The molecule has 0 aromatic rings. The summed E-state index contributed by atoms with van der Waals surface area (Å²) in [6.07, 6.45) is 6.57. The van der Waals surface area contributed by atoms with Crippen LogP contribution in [-0.4, -0.2) is 11.1 Å². The Morgan fingerprint density at radius 3 is 0.913 bits per heavy atom. The maximum Gasteiger partial charge on any atom is 0.303 e. The van der Waals surface area contributed by atoms with Crippen molar-refractivity contribution < 1.29 is 9.90 Å². The molecule has 0 saturated heterocycles. The van der Waals surface area contributed by atoms with E-state index in [1.165, 1.54) is 25.7 Å². The van der Waals surface area contributed by atoms with Gasteiger partial charge >= 0.3 is 5.97 Å². The predicted octanol–water partition coefficient (Wildman–Crippen LogP) is 8.30. The largest absolute Gasteiger partial charge is 0.481 e. The lowest BCUT2D eigenvalue weighted by atomic mass is 10.1. The molecule has 1 N–H and O–H groups in total. The van der Waals surface area contributed by atoms with Gasteiger partial charge in [0.15, 0.2) is 0 Å². The van der Waals surface area contributed by atoms with E-state index >= 15 is 0 Å². The van der Waals surface area contributed by atoms with Gasteiger partial charge in [-0.1, -0.05) is 110 Å². The fourth-order valence-electron chi connectivity index (χ4n) is 1.02. The molecule has 0 fully saturated rings. The van der Waals surface area contributed by atoms with Crippen LogP contribution in [-0.2, 0) is 4.79 Å². The fraction of sp³-hybridized carbons (Fsp3) is 0.952. The minimum absolute atomic E-state index is 0. The Balaban J connectivity index is -0.0000000448. The zero-order chi connectivity index (χ0) is 16.6. The average molecular weight is 337 g/mol. The molecule has 0 amide bonds. The van der Waals surface area contributed by atoms with E-state index in [0.717, 1.165) is 18.3 Å². The van der Waals surface area contributed by atoms with Crippen molar-refractivity contribution in [3.8, 4) is 0 Å². The zero-order valence-corrected chi connectivity index (χ0v) is 15.3. The number of hydrogen-bond donors (Lipinski definition) is 1. The SMILES string of the molecule is C.C.C.CCC(C)CC.CCC(C)CC.CCC(C)CC(=O)O. The number of rotatable bonds is 7. The lowest BCUT2D eigenvalue weighted by Crippen LogP contribution is -2.02. The molecule has 0 aromatic carbocycles. The van der Waals surface area contributed by atoms with Crippen molar-refractivity contribution in [1.29, 1.82) is 0 Å². The number of carboxylic acids is 1. The van der Waals surface area contributed by atoms with E-state index in [2.05, 4.69) is 41.5 Å². The van der Waals surface area contributed by atoms with Gasteiger partial charge in [-0.25, -0.2) is 0 Å². The smallest absolute Gasteiger partial charge is 0.303 e. The summed E-state index contributed by atoms with van der Waals surface area (Å²) < 4.78 is 0. The highest BCUT2D eigenvalue weighted by Crippen LogP contribution is 2.04. The molecule has 0 spiro atoms. The summed E-state index contributed by atoms with van der Waals surface area (Å²) >= 11 is 0. The third kappa shape index (κ3) is 44.9. The Labute approximate surface area is 150 Å². The quantitative estimate of drug-likeness (QED) is 0.507. The highest BCUT2D eigenvalue weighted by Gasteiger charge is 2.02. The Bertz CT molecular complexity index is 172. The lowest BCUT2D eigenvalue weighted by molar-refractivity contribution is -0.137. The highest BCUT2D eigenvalue weighted by molar-refractivity contribution is 5.66. The molecule has 0 heterocycles. The third-order valence-electron chi connectivity index (χ3n) is 4.01. The third-order valence-corrected chi connectivity index (χ3v) is 4.01. The van der Waals surface area contributed by atoms with Crippen LogP contribution in [0.1, 0.15) is 116 Å². The van der Waals surface area contributed by atoms with Gasteiger partial charge in [-0.15, -0.1) is 0 Å². The lowest BCUT2D eigenvalue weighted by Gasteiger charge is -2.00. The van der Waals surface area contributed by atoms with Crippen LogP contribution in [0.5, 0.6) is 0 Å². The molecular formula is C21H52O2. The second-order valence-corrected chi connectivity index (χ2v) is 5.95. The molecule has 0 aromatic heterocycles. The number of hydrogen-bond acceptors (Lipinski definition) is 1. The van der Waals surface area contributed by atoms with Crippen LogP contribution in [0, 0.1) is 17.8 Å². The van der Waals surface area contributed by atoms with Crippen molar-refractivity contribution in [2.75, 3.05) is 0 Å². The minimum atomic E-state index is -0.695. The van der Waals surface area contributed by atoms with E-state index in [9.17, 15) is 4.79 Å². The maximum absolute atomic E-state index is 9.97. The van der Waals surface area contributed by atoms with Gasteiger partial charge in [-0.3, -0.25) is 4.79 Å². The van der Waals surface area contributed by atoms with E-state index in [0.29, 0.717) is 12.3 Å². The molecule has 0 radical (unpaired) electrons. The molecule has 0 aliphatic rings. The molecule has 1 unspecified atom stereocenters. The Morgan fingerprint density at radius 2 is 0.870 bits per heavy atom. The average Bonchev–Trinajstić information content (AvgIpc) is 2.45. The molecule has 0 rings (SSSR count). The van der Waals surface area contributed by atoms with Crippen LogP contribution in [0.4, 0.5) is 0 Å². The van der Waals surface area contributed by atoms with Crippen molar-refractivity contribution in [1.82, 2.24) is 0 Å². The Hall–Kier alpha value is -0.530. The van der Waals surface area contributed by atoms with Crippen molar-refractivity contribution in [3.05, 3.63) is 0 Å². The molecule has 148 valence electrons. The molecule has 23 heavy (non-hydrogen) atoms. The van der Waals surface area contributed by atoms with Gasteiger partial charge in [0.1, 0.15) is 0 Å². The fourth-order valence-corrected chi connectivity index (χ4v) is 1.02. The summed E-state index contributed by atoms with van der Waals surface area (Å²) in [7, 11) is 0. The van der Waals surface area contributed by atoms with Crippen LogP contribution in [0.3, 0.4) is 0 Å². The highest BCUT2D eigenvalue weighted by atomic mass is 16.4.